The maximum absolute atomic E-state index is 4.67. The molecule has 2 heterocycles. The Bertz CT molecular complexity index is 430. The van der Waals surface area contributed by atoms with Gasteiger partial charge in [0.15, 0.2) is 0 Å². The minimum Gasteiger partial charge on any atom is -0.369 e. The summed E-state index contributed by atoms with van der Waals surface area (Å²) in [7, 11) is 0. The molecule has 1 aromatic rings. The van der Waals surface area contributed by atoms with Crippen LogP contribution in [0.4, 0.5) is 11.6 Å². The minimum atomic E-state index is 0.654. The van der Waals surface area contributed by atoms with E-state index in [-0.39, 0.29) is 0 Å². The molecular weight excluding hydrogens is 248 g/mol. The molecule has 2 aliphatic rings. The smallest absolute Gasteiger partial charge is 0.149 e. The number of anilines is 2. The van der Waals surface area contributed by atoms with Crippen LogP contribution in [-0.4, -0.2) is 29.6 Å². The van der Waals surface area contributed by atoms with Crippen LogP contribution in [0.15, 0.2) is 12.4 Å². The number of rotatable bonds is 3. The maximum atomic E-state index is 4.67. The second kappa shape index (κ2) is 5.98. The molecule has 1 spiro atoms. The lowest BCUT2D eigenvalue weighted by atomic mass is 9.68. The van der Waals surface area contributed by atoms with Crippen molar-refractivity contribution < 1.29 is 0 Å². The fourth-order valence-electron chi connectivity index (χ4n) is 3.79. The first-order valence-corrected chi connectivity index (χ1v) is 8.12. The minimum absolute atomic E-state index is 0.654. The van der Waals surface area contributed by atoms with E-state index >= 15 is 0 Å². The van der Waals surface area contributed by atoms with Crippen LogP contribution in [0.3, 0.4) is 0 Å². The lowest BCUT2D eigenvalue weighted by Crippen LogP contribution is -2.41. The van der Waals surface area contributed by atoms with Crippen molar-refractivity contribution in [1.82, 2.24) is 9.97 Å². The zero-order chi connectivity index (χ0) is 13.8. The highest BCUT2D eigenvalue weighted by Crippen LogP contribution is 2.44. The van der Waals surface area contributed by atoms with Gasteiger partial charge in [0.2, 0.25) is 0 Å². The van der Waals surface area contributed by atoms with Gasteiger partial charge in [-0.1, -0.05) is 19.3 Å². The lowest BCUT2D eigenvalue weighted by molar-refractivity contribution is 0.144. The van der Waals surface area contributed by atoms with Gasteiger partial charge in [-0.3, -0.25) is 4.98 Å². The SMILES string of the molecule is CCNc1cncc(N2CCC3(CCCCC3)CC2)n1. The van der Waals surface area contributed by atoms with Crippen LogP contribution < -0.4 is 10.2 Å². The van der Waals surface area contributed by atoms with Gasteiger partial charge < -0.3 is 10.2 Å². The van der Waals surface area contributed by atoms with E-state index in [1.165, 1.54) is 44.9 Å². The Morgan fingerprint density at radius 2 is 1.85 bits per heavy atom. The predicted octanol–water partition coefficient (Wildman–Crippen LogP) is 3.46. The van der Waals surface area contributed by atoms with E-state index < -0.39 is 0 Å². The van der Waals surface area contributed by atoms with Crippen LogP contribution in [0.25, 0.3) is 0 Å². The number of aromatic nitrogens is 2. The first kappa shape index (κ1) is 13.7. The third-order valence-corrected chi connectivity index (χ3v) is 5.04. The third-order valence-electron chi connectivity index (χ3n) is 5.04. The Kier molecular flexibility index (Phi) is 4.08. The van der Waals surface area contributed by atoms with Crippen molar-refractivity contribution in [3.05, 3.63) is 12.4 Å². The Balaban J connectivity index is 1.64. The Hall–Kier alpha value is -1.32. The summed E-state index contributed by atoms with van der Waals surface area (Å²) in [5.41, 5.74) is 0.654. The average Bonchev–Trinajstić information content (AvgIpc) is 2.50. The Morgan fingerprint density at radius 3 is 2.55 bits per heavy atom. The fourth-order valence-corrected chi connectivity index (χ4v) is 3.79. The number of piperidine rings is 1. The third kappa shape index (κ3) is 2.89. The second-order valence-corrected chi connectivity index (χ2v) is 6.34. The van der Waals surface area contributed by atoms with Crippen molar-refractivity contribution in [1.29, 1.82) is 0 Å². The maximum Gasteiger partial charge on any atom is 0.149 e. The molecule has 1 aromatic heterocycles. The van der Waals surface area contributed by atoms with Crippen molar-refractivity contribution in [2.45, 2.75) is 51.9 Å². The fraction of sp³-hybridized carbons (Fsp3) is 0.750. The summed E-state index contributed by atoms with van der Waals surface area (Å²) in [6.07, 6.45) is 13.6. The normalized spacial score (nSPS) is 21.9. The van der Waals surface area contributed by atoms with E-state index in [0.29, 0.717) is 5.41 Å². The van der Waals surface area contributed by atoms with E-state index in [1.807, 2.05) is 6.20 Å². The first-order valence-electron chi connectivity index (χ1n) is 8.12. The number of nitrogens with one attached hydrogen (secondary N) is 1. The van der Waals surface area contributed by atoms with Gasteiger partial charge in [-0.2, -0.15) is 0 Å². The average molecular weight is 274 g/mol. The molecule has 0 unspecified atom stereocenters. The summed E-state index contributed by atoms with van der Waals surface area (Å²) in [6, 6.07) is 0. The highest BCUT2D eigenvalue weighted by atomic mass is 15.2. The molecule has 2 fully saturated rings. The zero-order valence-corrected chi connectivity index (χ0v) is 12.6. The summed E-state index contributed by atoms with van der Waals surface area (Å²) in [6.45, 7) is 5.26. The van der Waals surface area contributed by atoms with Crippen LogP contribution in [0, 0.1) is 5.41 Å². The molecule has 0 radical (unpaired) electrons. The summed E-state index contributed by atoms with van der Waals surface area (Å²) in [5, 5.41) is 3.24. The standard InChI is InChI=1S/C16H26N4/c1-2-18-14-12-17-13-15(19-14)20-10-8-16(9-11-20)6-4-3-5-7-16/h12-13H,2-11H2,1H3,(H,18,19). The number of hydrogen-bond acceptors (Lipinski definition) is 4. The summed E-state index contributed by atoms with van der Waals surface area (Å²) >= 11 is 0. The molecule has 0 atom stereocenters. The topological polar surface area (TPSA) is 41.1 Å². The van der Waals surface area contributed by atoms with E-state index in [9.17, 15) is 0 Å². The lowest BCUT2D eigenvalue weighted by Gasteiger charge is -2.44. The molecule has 1 N–H and O–H groups in total. The molecular formula is C16H26N4. The molecule has 1 saturated carbocycles. The summed E-state index contributed by atoms with van der Waals surface area (Å²) in [5.74, 6) is 1.93. The van der Waals surface area contributed by atoms with Crippen molar-refractivity contribution in [3.63, 3.8) is 0 Å². The molecule has 110 valence electrons. The van der Waals surface area contributed by atoms with Gasteiger partial charge in [-0.05, 0) is 38.0 Å². The van der Waals surface area contributed by atoms with E-state index in [2.05, 4.69) is 27.1 Å². The van der Waals surface area contributed by atoms with Crippen LogP contribution >= 0.6 is 0 Å². The summed E-state index contributed by atoms with van der Waals surface area (Å²) < 4.78 is 0. The van der Waals surface area contributed by atoms with E-state index in [1.54, 1.807) is 6.20 Å². The van der Waals surface area contributed by atoms with Gasteiger partial charge >= 0.3 is 0 Å². The van der Waals surface area contributed by atoms with Gasteiger partial charge in [-0.15, -0.1) is 0 Å². The van der Waals surface area contributed by atoms with Gasteiger partial charge in [0.1, 0.15) is 11.6 Å². The first-order chi connectivity index (χ1) is 9.81. The molecule has 0 amide bonds. The van der Waals surface area contributed by atoms with Crippen molar-refractivity contribution in [2.24, 2.45) is 5.41 Å². The summed E-state index contributed by atoms with van der Waals surface area (Å²) in [4.78, 5) is 11.4. The van der Waals surface area contributed by atoms with Crippen molar-refractivity contribution in [3.8, 4) is 0 Å². The quantitative estimate of drug-likeness (QED) is 0.916. The zero-order valence-electron chi connectivity index (χ0n) is 12.6. The van der Waals surface area contributed by atoms with E-state index in [4.69, 9.17) is 0 Å². The monoisotopic (exact) mass is 274 g/mol. The van der Waals surface area contributed by atoms with E-state index in [0.717, 1.165) is 31.3 Å². The highest BCUT2D eigenvalue weighted by molar-refractivity contribution is 5.44. The molecule has 20 heavy (non-hydrogen) atoms. The molecule has 4 nitrogen and oxygen atoms in total. The predicted molar refractivity (Wildman–Crippen MR) is 83.2 cm³/mol. The molecule has 3 rings (SSSR count). The van der Waals surface area contributed by atoms with Gasteiger partial charge in [-0.25, -0.2) is 4.98 Å². The van der Waals surface area contributed by atoms with Crippen LogP contribution in [0.1, 0.15) is 51.9 Å². The molecule has 4 heteroatoms. The molecule has 0 bridgehead atoms. The second-order valence-electron chi connectivity index (χ2n) is 6.34. The largest absolute Gasteiger partial charge is 0.369 e. The van der Waals surface area contributed by atoms with Crippen LogP contribution in [0.2, 0.25) is 0 Å². The van der Waals surface area contributed by atoms with Crippen molar-refractivity contribution >= 4 is 11.6 Å². The Morgan fingerprint density at radius 1 is 1.10 bits per heavy atom. The highest BCUT2D eigenvalue weighted by Gasteiger charge is 2.35. The molecule has 1 aliphatic heterocycles. The van der Waals surface area contributed by atoms with Gasteiger partial charge in [0, 0.05) is 19.6 Å². The number of hydrogen-bond donors (Lipinski definition) is 1. The Labute approximate surface area is 122 Å². The number of nitrogens with zero attached hydrogens (tertiary/aromatic N) is 3. The van der Waals surface area contributed by atoms with Crippen molar-refractivity contribution in [2.75, 3.05) is 29.9 Å². The van der Waals surface area contributed by atoms with Crippen LogP contribution in [0.5, 0.6) is 0 Å². The molecule has 1 saturated heterocycles. The van der Waals surface area contributed by atoms with Gasteiger partial charge in [0.05, 0.1) is 12.4 Å². The van der Waals surface area contributed by atoms with Crippen LogP contribution in [-0.2, 0) is 0 Å². The molecule has 1 aliphatic carbocycles. The molecule has 0 aromatic carbocycles. The van der Waals surface area contributed by atoms with Gasteiger partial charge in [0.25, 0.3) is 0 Å².